The molecule has 5 nitrogen and oxygen atoms in total. The second-order valence-electron chi connectivity index (χ2n) is 5.93. The smallest absolute Gasteiger partial charge is 0.241 e. The lowest BCUT2D eigenvalue weighted by Crippen LogP contribution is -2.30. The summed E-state index contributed by atoms with van der Waals surface area (Å²) in [7, 11) is -2.39. The number of hydrogen-bond donors (Lipinski definition) is 2. The minimum atomic E-state index is -3.82. The minimum Gasteiger partial charge on any atom is -0.495 e. The number of nitrogens with one attached hydrogen (secondary N) is 1. The summed E-state index contributed by atoms with van der Waals surface area (Å²) in [5, 5.41) is 8.79. The second kappa shape index (κ2) is 9.20. The van der Waals surface area contributed by atoms with E-state index in [0.29, 0.717) is 6.42 Å². The van der Waals surface area contributed by atoms with Crippen LogP contribution in [0, 0.1) is 0 Å². The number of ether oxygens (including phenoxy) is 1. The van der Waals surface area contributed by atoms with Gasteiger partial charge in [-0.3, -0.25) is 0 Å². The first-order chi connectivity index (χ1) is 11.3. The first kappa shape index (κ1) is 21.4. The molecule has 0 saturated carbocycles. The van der Waals surface area contributed by atoms with E-state index < -0.39 is 10.0 Å². The van der Waals surface area contributed by atoms with Crippen LogP contribution in [0.5, 0.6) is 5.75 Å². The topological polar surface area (TPSA) is 81.4 Å². The number of methoxy groups -OCH3 is 1. The third kappa shape index (κ3) is 6.01. The highest BCUT2D eigenvalue weighted by atomic mass is 35.5. The van der Waals surface area contributed by atoms with Crippen molar-refractivity contribution in [2.24, 2.45) is 5.14 Å². The van der Waals surface area contributed by atoms with Gasteiger partial charge in [0.25, 0.3) is 0 Å². The average molecular weight is 385 g/mol. The third-order valence-electron chi connectivity index (χ3n) is 3.91. The van der Waals surface area contributed by atoms with Crippen molar-refractivity contribution in [1.82, 2.24) is 5.32 Å². The molecule has 138 valence electrons. The SMILES string of the molecule is COc1ccc(CC(C)NC(C)c2ccccc2)cc1S(N)(=O)=O.Cl. The molecule has 0 amide bonds. The van der Waals surface area contributed by atoms with Crippen molar-refractivity contribution in [3.8, 4) is 5.75 Å². The van der Waals surface area contributed by atoms with Crippen LogP contribution in [0.4, 0.5) is 0 Å². The minimum absolute atomic E-state index is 0. The normalized spacial score (nSPS) is 13.6. The van der Waals surface area contributed by atoms with E-state index in [1.165, 1.54) is 12.7 Å². The predicted octanol–water partition coefficient (Wildman–Crippen LogP) is 3.05. The Hall–Kier alpha value is -1.60. The Morgan fingerprint density at radius 2 is 1.76 bits per heavy atom. The first-order valence-corrected chi connectivity index (χ1v) is 9.36. The molecule has 0 aliphatic rings. The zero-order valence-electron chi connectivity index (χ0n) is 14.6. The Bertz CT molecular complexity index is 782. The summed E-state index contributed by atoms with van der Waals surface area (Å²) in [4.78, 5) is 0.0193. The molecule has 2 atom stereocenters. The maximum atomic E-state index is 11.7. The van der Waals surface area contributed by atoms with Crippen molar-refractivity contribution < 1.29 is 13.2 Å². The van der Waals surface area contributed by atoms with Crippen LogP contribution in [0.2, 0.25) is 0 Å². The monoisotopic (exact) mass is 384 g/mol. The highest BCUT2D eigenvalue weighted by Crippen LogP contribution is 2.24. The van der Waals surface area contributed by atoms with Gasteiger partial charge in [0.1, 0.15) is 10.6 Å². The number of nitrogens with two attached hydrogens (primary N) is 1. The molecule has 0 aliphatic carbocycles. The fraction of sp³-hybridized carbons (Fsp3) is 0.333. The van der Waals surface area contributed by atoms with Gasteiger partial charge >= 0.3 is 0 Å². The van der Waals surface area contributed by atoms with Crippen molar-refractivity contribution in [2.75, 3.05) is 7.11 Å². The van der Waals surface area contributed by atoms with Gasteiger partial charge in [-0.2, -0.15) is 0 Å². The van der Waals surface area contributed by atoms with Gasteiger partial charge in [0.05, 0.1) is 7.11 Å². The molecule has 3 N–H and O–H groups in total. The molecule has 0 aromatic heterocycles. The van der Waals surface area contributed by atoms with Gasteiger partial charge in [-0.15, -0.1) is 12.4 Å². The molecule has 0 radical (unpaired) electrons. The molecule has 2 aromatic carbocycles. The second-order valence-corrected chi connectivity index (χ2v) is 7.46. The molecule has 0 heterocycles. The summed E-state index contributed by atoms with van der Waals surface area (Å²) < 4.78 is 28.5. The zero-order chi connectivity index (χ0) is 17.7. The van der Waals surface area contributed by atoms with Gasteiger partial charge in [-0.1, -0.05) is 36.4 Å². The van der Waals surface area contributed by atoms with Gasteiger partial charge in [-0.25, -0.2) is 13.6 Å². The number of hydrogen-bond acceptors (Lipinski definition) is 4. The zero-order valence-corrected chi connectivity index (χ0v) is 16.2. The van der Waals surface area contributed by atoms with Crippen LogP contribution < -0.4 is 15.2 Å². The van der Waals surface area contributed by atoms with Crippen LogP contribution in [0.1, 0.15) is 31.0 Å². The van der Waals surface area contributed by atoms with Gasteiger partial charge in [0.2, 0.25) is 10.0 Å². The van der Waals surface area contributed by atoms with Gasteiger partial charge in [-0.05, 0) is 43.5 Å². The molecule has 0 aliphatic heterocycles. The largest absolute Gasteiger partial charge is 0.495 e. The maximum absolute atomic E-state index is 11.7. The molecule has 0 bridgehead atoms. The highest BCUT2D eigenvalue weighted by Gasteiger charge is 2.17. The molecule has 0 fully saturated rings. The summed E-state index contributed by atoms with van der Waals surface area (Å²) >= 11 is 0. The predicted molar refractivity (Wildman–Crippen MR) is 103 cm³/mol. The van der Waals surface area contributed by atoms with Crippen molar-refractivity contribution in [2.45, 2.75) is 37.2 Å². The van der Waals surface area contributed by atoms with Crippen molar-refractivity contribution in [1.29, 1.82) is 0 Å². The van der Waals surface area contributed by atoms with Crippen LogP contribution in [0.15, 0.2) is 53.4 Å². The molecular weight excluding hydrogens is 360 g/mol. The number of rotatable bonds is 7. The summed E-state index contributed by atoms with van der Waals surface area (Å²) in [6.45, 7) is 4.18. The van der Waals surface area contributed by atoms with Crippen LogP contribution in [0.3, 0.4) is 0 Å². The average Bonchev–Trinajstić information content (AvgIpc) is 2.54. The van der Waals surface area contributed by atoms with E-state index in [4.69, 9.17) is 9.88 Å². The molecular formula is C18H25ClN2O3S. The summed E-state index contributed by atoms with van der Waals surface area (Å²) in [5.74, 6) is 0.263. The maximum Gasteiger partial charge on any atom is 0.241 e. The van der Waals surface area contributed by atoms with E-state index in [1.54, 1.807) is 12.1 Å². The molecule has 7 heteroatoms. The van der Waals surface area contributed by atoms with E-state index >= 15 is 0 Å². The van der Waals surface area contributed by atoms with Gasteiger partial charge < -0.3 is 10.1 Å². The van der Waals surface area contributed by atoms with Crippen LogP contribution in [-0.2, 0) is 16.4 Å². The van der Waals surface area contributed by atoms with E-state index in [2.05, 4.69) is 31.3 Å². The van der Waals surface area contributed by atoms with E-state index in [9.17, 15) is 8.42 Å². The van der Waals surface area contributed by atoms with Crippen molar-refractivity contribution in [3.63, 3.8) is 0 Å². The quantitative estimate of drug-likeness (QED) is 0.768. The number of benzene rings is 2. The Kier molecular flexibility index (Phi) is 7.89. The lowest BCUT2D eigenvalue weighted by atomic mass is 10.0. The Morgan fingerprint density at radius 1 is 1.12 bits per heavy atom. The number of primary sulfonamides is 1. The molecule has 2 rings (SSSR count). The number of sulfonamides is 1. The van der Waals surface area contributed by atoms with E-state index in [-0.39, 0.29) is 35.1 Å². The fourth-order valence-electron chi connectivity index (χ4n) is 2.75. The third-order valence-corrected chi connectivity index (χ3v) is 4.84. The molecule has 0 saturated heterocycles. The fourth-order valence-corrected chi connectivity index (χ4v) is 3.50. The number of halogens is 1. The standard InChI is InChI=1S/C18H24N2O3S.ClH/c1-13(20-14(2)16-7-5-4-6-8-16)11-15-9-10-17(23-3)18(12-15)24(19,21)22;/h4-10,12-14,20H,11H2,1-3H3,(H2,19,21,22);1H. The Balaban J connectivity index is 0.00000312. The Labute approximate surface area is 156 Å². The summed E-state index contributed by atoms with van der Waals surface area (Å²) in [5.41, 5.74) is 2.10. The van der Waals surface area contributed by atoms with Gasteiger partial charge in [0, 0.05) is 12.1 Å². The summed E-state index contributed by atoms with van der Waals surface area (Å²) in [6, 6.07) is 15.6. The molecule has 2 aromatic rings. The lowest BCUT2D eigenvalue weighted by Gasteiger charge is -2.21. The van der Waals surface area contributed by atoms with Crippen molar-refractivity contribution in [3.05, 3.63) is 59.7 Å². The molecule has 25 heavy (non-hydrogen) atoms. The van der Waals surface area contributed by atoms with E-state index in [1.807, 2.05) is 24.3 Å². The first-order valence-electron chi connectivity index (χ1n) is 7.82. The molecule has 2 unspecified atom stereocenters. The van der Waals surface area contributed by atoms with Crippen LogP contribution >= 0.6 is 12.4 Å². The van der Waals surface area contributed by atoms with Crippen LogP contribution in [-0.4, -0.2) is 21.6 Å². The van der Waals surface area contributed by atoms with Crippen molar-refractivity contribution >= 4 is 22.4 Å². The van der Waals surface area contributed by atoms with Crippen LogP contribution in [0.25, 0.3) is 0 Å². The highest BCUT2D eigenvalue weighted by molar-refractivity contribution is 7.89. The van der Waals surface area contributed by atoms with Gasteiger partial charge in [0.15, 0.2) is 0 Å². The van der Waals surface area contributed by atoms with E-state index in [0.717, 1.165) is 5.56 Å². The summed E-state index contributed by atoms with van der Waals surface area (Å²) in [6.07, 6.45) is 0.684. The lowest BCUT2D eigenvalue weighted by molar-refractivity contribution is 0.402. The molecule has 0 spiro atoms. The Morgan fingerprint density at radius 3 is 2.32 bits per heavy atom.